The van der Waals surface area contributed by atoms with Crippen LogP contribution in [0.25, 0.3) is 0 Å². The minimum Gasteiger partial charge on any atom is -0.466 e. The average molecular weight is 265 g/mol. The molecule has 0 saturated heterocycles. The van der Waals surface area contributed by atoms with Crippen LogP contribution in [0.3, 0.4) is 0 Å². The average Bonchev–Trinajstić information content (AvgIpc) is 2.63. The zero-order chi connectivity index (χ0) is 14.0. The van der Waals surface area contributed by atoms with Gasteiger partial charge >= 0.3 is 5.97 Å². The summed E-state index contributed by atoms with van der Waals surface area (Å²) in [5, 5.41) is 17.0. The molecule has 1 atom stereocenters. The maximum Gasteiger partial charge on any atom is 0.310 e. The van der Waals surface area contributed by atoms with Gasteiger partial charge in [-0.15, -0.1) is 0 Å². The molecular weight excluding hydrogens is 250 g/mol. The lowest BCUT2D eigenvalue weighted by Crippen LogP contribution is -2.41. The van der Waals surface area contributed by atoms with Gasteiger partial charge in [-0.25, -0.2) is 0 Å². The summed E-state index contributed by atoms with van der Waals surface area (Å²) in [5.74, 6) is -0.361. The van der Waals surface area contributed by atoms with E-state index in [2.05, 4.69) is 10.6 Å². The molecule has 1 aromatic carbocycles. The van der Waals surface area contributed by atoms with Crippen molar-refractivity contribution in [3.63, 3.8) is 0 Å². The summed E-state index contributed by atoms with van der Waals surface area (Å²) in [6, 6.07) is 4.75. The number of nitrogens with one attached hydrogen (secondary N) is 2. The van der Waals surface area contributed by atoms with E-state index in [1.165, 1.54) is 6.07 Å². The normalized spacial score (nSPS) is 20.1. The number of ether oxygens (including phenoxy) is 1. The predicted octanol–water partition coefficient (Wildman–Crippen LogP) is 2.10. The quantitative estimate of drug-likeness (QED) is 0.492. The molecule has 1 aromatic rings. The van der Waals surface area contributed by atoms with E-state index in [0.717, 1.165) is 0 Å². The SMILES string of the molecule is CCOC(=O)C[C@]1(C)Nc2cccc([N+](=O)[O-])c2N1. The third-order valence-corrected chi connectivity index (χ3v) is 2.85. The molecule has 0 aliphatic carbocycles. The van der Waals surface area contributed by atoms with Crippen molar-refractivity contribution in [2.24, 2.45) is 0 Å². The van der Waals surface area contributed by atoms with Crippen LogP contribution in [0.5, 0.6) is 0 Å². The first kappa shape index (κ1) is 13.1. The van der Waals surface area contributed by atoms with E-state index in [-0.39, 0.29) is 18.1 Å². The van der Waals surface area contributed by atoms with Crippen LogP contribution in [0, 0.1) is 10.1 Å². The van der Waals surface area contributed by atoms with Gasteiger partial charge in [0.15, 0.2) is 0 Å². The van der Waals surface area contributed by atoms with Gasteiger partial charge in [0.05, 0.1) is 23.6 Å². The summed E-state index contributed by atoms with van der Waals surface area (Å²) in [6.45, 7) is 3.80. The van der Waals surface area contributed by atoms with Crippen molar-refractivity contribution in [2.45, 2.75) is 25.9 Å². The van der Waals surface area contributed by atoms with Crippen LogP contribution in [0.2, 0.25) is 0 Å². The van der Waals surface area contributed by atoms with E-state index < -0.39 is 10.6 Å². The van der Waals surface area contributed by atoms with E-state index in [4.69, 9.17) is 4.74 Å². The molecule has 2 rings (SSSR count). The predicted molar refractivity (Wildman–Crippen MR) is 70.0 cm³/mol. The number of benzene rings is 1. The molecule has 0 unspecified atom stereocenters. The monoisotopic (exact) mass is 265 g/mol. The molecular formula is C12H15N3O4. The Hall–Kier alpha value is -2.31. The number of hydrogen-bond donors (Lipinski definition) is 2. The number of fused-ring (bicyclic) bond motifs is 1. The van der Waals surface area contributed by atoms with Gasteiger partial charge in [0, 0.05) is 6.07 Å². The molecule has 0 spiro atoms. The Bertz CT molecular complexity index is 532. The van der Waals surface area contributed by atoms with Crippen molar-refractivity contribution in [3.8, 4) is 0 Å². The van der Waals surface area contributed by atoms with Crippen LogP contribution in [0.15, 0.2) is 18.2 Å². The Kier molecular flexibility index (Phi) is 3.28. The fourth-order valence-electron chi connectivity index (χ4n) is 2.12. The zero-order valence-corrected chi connectivity index (χ0v) is 10.7. The Morgan fingerprint density at radius 1 is 1.47 bits per heavy atom. The maximum atomic E-state index is 11.5. The van der Waals surface area contributed by atoms with Gasteiger partial charge in [-0.2, -0.15) is 0 Å². The minimum atomic E-state index is -0.777. The fraction of sp³-hybridized carbons (Fsp3) is 0.417. The van der Waals surface area contributed by atoms with Gasteiger partial charge in [-0.1, -0.05) is 6.07 Å². The number of para-hydroxylation sites is 1. The van der Waals surface area contributed by atoms with Crippen LogP contribution in [-0.2, 0) is 9.53 Å². The third-order valence-electron chi connectivity index (χ3n) is 2.85. The number of esters is 1. The number of carbonyl (C=O) groups is 1. The molecule has 1 aliphatic rings. The Labute approximate surface area is 110 Å². The first-order valence-corrected chi connectivity index (χ1v) is 5.94. The Morgan fingerprint density at radius 2 is 2.21 bits per heavy atom. The summed E-state index contributed by atoms with van der Waals surface area (Å²) >= 11 is 0. The molecule has 0 fully saturated rings. The number of nitro benzene ring substituents is 1. The van der Waals surface area contributed by atoms with E-state index in [1.807, 2.05) is 0 Å². The topological polar surface area (TPSA) is 93.5 Å². The second kappa shape index (κ2) is 4.75. The molecule has 1 heterocycles. The lowest BCUT2D eigenvalue weighted by Gasteiger charge is -2.24. The van der Waals surface area contributed by atoms with E-state index in [1.54, 1.807) is 26.0 Å². The molecule has 0 amide bonds. The first-order chi connectivity index (χ1) is 8.95. The largest absolute Gasteiger partial charge is 0.466 e. The smallest absolute Gasteiger partial charge is 0.310 e. The standard InChI is InChI=1S/C12H15N3O4/c1-3-19-10(16)7-12(2)13-8-5-4-6-9(15(17)18)11(8)14-12/h4-6,13-14H,3,7H2,1-2H3/t12-/m1/s1. The van der Waals surface area contributed by atoms with Gasteiger partial charge < -0.3 is 15.4 Å². The van der Waals surface area contributed by atoms with Gasteiger partial charge in [0.25, 0.3) is 5.69 Å². The number of hydrogen-bond acceptors (Lipinski definition) is 6. The summed E-state index contributed by atoms with van der Waals surface area (Å²) in [4.78, 5) is 22.0. The zero-order valence-electron chi connectivity index (χ0n) is 10.7. The second-order valence-electron chi connectivity index (χ2n) is 4.52. The molecule has 0 radical (unpaired) electrons. The van der Waals surface area contributed by atoms with Crippen LogP contribution in [0.1, 0.15) is 20.3 Å². The summed E-state index contributed by atoms with van der Waals surface area (Å²) < 4.78 is 4.89. The van der Waals surface area contributed by atoms with Gasteiger partial charge in [-0.3, -0.25) is 14.9 Å². The second-order valence-corrected chi connectivity index (χ2v) is 4.52. The number of anilines is 2. The molecule has 0 bridgehead atoms. The van der Waals surface area contributed by atoms with Crippen LogP contribution in [0.4, 0.5) is 17.1 Å². The van der Waals surface area contributed by atoms with Gasteiger partial charge in [0.1, 0.15) is 11.4 Å². The number of carbonyl (C=O) groups excluding carboxylic acids is 1. The van der Waals surface area contributed by atoms with E-state index >= 15 is 0 Å². The van der Waals surface area contributed by atoms with E-state index in [9.17, 15) is 14.9 Å². The minimum absolute atomic E-state index is 0.0161. The highest BCUT2D eigenvalue weighted by molar-refractivity contribution is 5.86. The van der Waals surface area contributed by atoms with Crippen molar-refractivity contribution >= 4 is 23.0 Å². The highest BCUT2D eigenvalue weighted by Crippen LogP contribution is 2.41. The highest BCUT2D eigenvalue weighted by Gasteiger charge is 2.37. The molecule has 102 valence electrons. The molecule has 1 aliphatic heterocycles. The maximum absolute atomic E-state index is 11.5. The summed E-state index contributed by atoms with van der Waals surface area (Å²) in [6.07, 6.45) is 0.0761. The number of nitrogens with zero attached hydrogens (tertiary/aromatic N) is 1. The van der Waals surface area contributed by atoms with E-state index in [0.29, 0.717) is 18.0 Å². The number of nitro groups is 1. The molecule has 19 heavy (non-hydrogen) atoms. The highest BCUT2D eigenvalue weighted by atomic mass is 16.6. The van der Waals surface area contributed by atoms with Crippen molar-refractivity contribution < 1.29 is 14.5 Å². The summed E-state index contributed by atoms with van der Waals surface area (Å²) in [5.41, 5.74) is 0.221. The van der Waals surface area contributed by atoms with Crippen LogP contribution in [-0.4, -0.2) is 23.2 Å². The van der Waals surface area contributed by atoms with Gasteiger partial charge in [0.2, 0.25) is 0 Å². The third kappa shape index (κ3) is 2.59. The van der Waals surface area contributed by atoms with Crippen molar-refractivity contribution in [3.05, 3.63) is 28.3 Å². The van der Waals surface area contributed by atoms with Crippen LogP contribution < -0.4 is 10.6 Å². The lowest BCUT2D eigenvalue weighted by molar-refractivity contribution is -0.383. The molecule has 7 nitrogen and oxygen atoms in total. The lowest BCUT2D eigenvalue weighted by atomic mass is 10.1. The van der Waals surface area contributed by atoms with Crippen molar-refractivity contribution in [1.82, 2.24) is 0 Å². The van der Waals surface area contributed by atoms with Crippen molar-refractivity contribution in [2.75, 3.05) is 17.2 Å². The fourth-order valence-corrected chi connectivity index (χ4v) is 2.12. The molecule has 7 heteroatoms. The first-order valence-electron chi connectivity index (χ1n) is 5.94. The number of rotatable bonds is 4. The van der Waals surface area contributed by atoms with Gasteiger partial charge in [-0.05, 0) is 19.9 Å². The molecule has 0 saturated carbocycles. The Balaban J connectivity index is 2.21. The Morgan fingerprint density at radius 3 is 2.84 bits per heavy atom. The molecule has 0 aromatic heterocycles. The summed E-state index contributed by atoms with van der Waals surface area (Å²) in [7, 11) is 0. The molecule has 2 N–H and O–H groups in total. The van der Waals surface area contributed by atoms with Crippen molar-refractivity contribution in [1.29, 1.82) is 0 Å². The van der Waals surface area contributed by atoms with Crippen LogP contribution >= 0.6 is 0 Å².